The molecule has 1 aliphatic heterocycles. The molecule has 6 nitrogen and oxygen atoms in total. The highest BCUT2D eigenvalue weighted by Gasteiger charge is 2.42. The van der Waals surface area contributed by atoms with Crippen LogP contribution < -0.4 is 16.0 Å². The van der Waals surface area contributed by atoms with E-state index < -0.39 is 35.8 Å². The third-order valence-corrected chi connectivity index (χ3v) is 5.17. The molecule has 0 radical (unpaired) electrons. The maximum absolute atomic E-state index is 13.3. The Bertz CT molecular complexity index is 953. The second kappa shape index (κ2) is 8.47. The summed E-state index contributed by atoms with van der Waals surface area (Å²) in [5, 5.41) is 2.13. The van der Waals surface area contributed by atoms with Crippen LogP contribution in [0.25, 0.3) is 0 Å². The van der Waals surface area contributed by atoms with Gasteiger partial charge in [0.05, 0.1) is 16.6 Å². The number of anilines is 1. The largest absolute Gasteiger partial charge is 0.471 e. The Morgan fingerprint density at radius 1 is 1.23 bits per heavy atom. The van der Waals surface area contributed by atoms with Crippen LogP contribution in [-0.2, 0) is 4.79 Å². The zero-order valence-electron chi connectivity index (χ0n) is 15.4. The van der Waals surface area contributed by atoms with Crippen molar-refractivity contribution in [3.8, 4) is 0 Å². The van der Waals surface area contributed by atoms with Crippen molar-refractivity contribution in [2.75, 3.05) is 18.0 Å². The van der Waals surface area contributed by atoms with Gasteiger partial charge in [-0.2, -0.15) is 13.2 Å². The van der Waals surface area contributed by atoms with Crippen LogP contribution in [0.3, 0.4) is 0 Å². The van der Waals surface area contributed by atoms with E-state index in [1.165, 1.54) is 36.5 Å². The molecule has 1 aromatic carbocycles. The zero-order valence-corrected chi connectivity index (χ0v) is 16.2. The van der Waals surface area contributed by atoms with Gasteiger partial charge in [-0.3, -0.25) is 9.59 Å². The molecular weight excluding hydrogens is 428 g/mol. The number of aromatic nitrogens is 1. The molecule has 2 heterocycles. The SMILES string of the molecule is NC(=O)c1cnc(N2CCC(c3ccc(F)cc3)C(NC(=O)C(F)(F)F)C2)c(Cl)c1. The molecule has 3 rings (SSSR count). The van der Waals surface area contributed by atoms with E-state index in [1.54, 1.807) is 4.90 Å². The van der Waals surface area contributed by atoms with Gasteiger partial charge in [0.1, 0.15) is 11.6 Å². The second-order valence-electron chi connectivity index (χ2n) is 6.86. The third-order valence-electron chi connectivity index (χ3n) is 4.89. The third kappa shape index (κ3) is 4.81. The van der Waals surface area contributed by atoms with E-state index >= 15 is 0 Å². The number of alkyl halides is 3. The molecule has 3 N–H and O–H groups in total. The number of rotatable bonds is 4. The molecule has 0 aliphatic carbocycles. The Balaban J connectivity index is 1.88. The number of amides is 2. The summed E-state index contributed by atoms with van der Waals surface area (Å²) in [4.78, 5) is 28.6. The fraction of sp³-hybridized carbons (Fsp3) is 0.316. The van der Waals surface area contributed by atoms with Crippen LogP contribution in [0.4, 0.5) is 23.4 Å². The maximum atomic E-state index is 13.3. The molecule has 2 aromatic rings. The lowest BCUT2D eigenvalue weighted by atomic mass is 9.85. The van der Waals surface area contributed by atoms with E-state index in [4.69, 9.17) is 17.3 Å². The lowest BCUT2D eigenvalue weighted by Crippen LogP contribution is -2.54. The summed E-state index contributed by atoms with van der Waals surface area (Å²) >= 11 is 6.18. The van der Waals surface area contributed by atoms with Crippen molar-refractivity contribution in [1.82, 2.24) is 10.3 Å². The number of primary amides is 1. The first-order valence-electron chi connectivity index (χ1n) is 8.89. The van der Waals surface area contributed by atoms with E-state index in [0.29, 0.717) is 18.5 Å². The van der Waals surface area contributed by atoms with Gasteiger partial charge in [-0.15, -0.1) is 0 Å². The molecule has 30 heavy (non-hydrogen) atoms. The van der Waals surface area contributed by atoms with Crippen LogP contribution in [0.1, 0.15) is 28.3 Å². The molecule has 2 atom stereocenters. The van der Waals surface area contributed by atoms with Gasteiger partial charge < -0.3 is 16.0 Å². The molecule has 1 fully saturated rings. The molecule has 1 saturated heterocycles. The number of carbonyl (C=O) groups is 2. The smallest absolute Gasteiger partial charge is 0.366 e. The van der Waals surface area contributed by atoms with E-state index in [9.17, 15) is 27.2 Å². The highest BCUT2D eigenvalue weighted by molar-refractivity contribution is 6.33. The van der Waals surface area contributed by atoms with Crippen molar-refractivity contribution in [2.45, 2.75) is 24.6 Å². The van der Waals surface area contributed by atoms with Gasteiger partial charge >= 0.3 is 12.1 Å². The molecule has 2 amide bonds. The minimum Gasteiger partial charge on any atom is -0.366 e. The number of piperidine rings is 1. The average molecular weight is 445 g/mol. The molecule has 11 heteroatoms. The van der Waals surface area contributed by atoms with E-state index in [0.717, 1.165) is 0 Å². The Morgan fingerprint density at radius 2 is 1.90 bits per heavy atom. The van der Waals surface area contributed by atoms with Gasteiger partial charge in [0.2, 0.25) is 5.91 Å². The lowest BCUT2D eigenvalue weighted by Gasteiger charge is -2.40. The highest BCUT2D eigenvalue weighted by atomic mass is 35.5. The first kappa shape index (κ1) is 21.8. The number of carbonyl (C=O) groups excluding carboxylic acids is 2. The number of pyridine rings is 1. The fourth-order valence-corrected chi connectivity index (χ4v) is 3.73. The molecule has 0 bridgehead atoms. The van der Waals surface area contributed by atoms with E-state index in [2.05, 4.69) is 4.98 Å². The van der Waals surface area contributed by atoms with Crippen molar-refractivity contribution in [1.29, 1.82) is 0 Å². The summed E-state index contributed by atoms with van der Waals surface area (Å²) in [5.74, 6) is -3.48. The summed E-state index contributed by atoms with van der Waals surface area (Å²) in [7, 11) is 0. The zero-order chi connectivity index (χ0) is 22.1. The van der Waals surface area contributed by atoms with Crippen molar-refractivity contribution >= 4 is 29.2 Å². The predicted octanol–water partition coefficient (Wildman–Crippen LogP) is 3.01. The van der Waals surface area contributed by atoms with Crippen molar-refractivity contribution in [3.05, 3.63) is 58.5 Å². The van der Waals surface area contributed by atoms with Gasteiger partial charge in [-0.1, -0.05) is 23.7 Å². The minimum absolute atomic E-state index is 0.0213. The Morgan fingerprint density at radius 3 is 2.47 bits per heavy atom. The standard InChI is InChI=1S/C19H17ClF4N4O2/c20-14-7-11(16(25)29)8-26-17(14)28-6-5-13(10-1-3-12(21)4-2-10)15(9-28)27-18(30)19(22,23)24/h1-4,7-8,13,15H,5-6,9H2,(H2,25,29)(H,27,30). The van der Waals surface area contributed by atoms with Crippen LogP contribution in [0, 0.1) is 5.82 Å². The summed E-state index contributed by atoms with van der Waals surface area (Å²) in [6.07, 6.45) is -3.47. The Kier molecular flexibility index (Phi) is 6.16. The van der Waals surface area contributed by atoms with Crippen LogP contribution in [0.2, 0.25) is 5.02 Å². The van der Waals surface area contributed by atoms with Crippen molar-refractivity contribution < 1.29 is 27.2 Å². The molecule has 0 saturated carbocycles. The van der Waals surface area contributed by atoms with Gasteiger partial charge in [-0.05, 0) is 30.2 Å². The van der Waals surface area contributed by atoms with Crippen LogP contribution in [0.5, 0.6) is 0 Å². The van der Waals surface area contributed by atoms with Gasteiger partial charge in [-0.25, -0.2) is 9.37 Å². The number of nitrogens with one attached hydrogen (secondary N) is 1. The number of hydrogen-bond acceptors (Lipinski definition) is 4. The van der Waals surface area contributed by atoms with Crippen LogP contribution >= 0.6 is 11.6 Å². The monoisotopic (exact) mass is 444 g/mol. The Labute approximate surface area is 174 Å². The maximum Gasteiger partial charge on any atom is 0.471 e. The first-order valence-corrected chi connectivity index (χ1v) is 9.27. The number of nitrogens with two attached hydrogens (primary N) is 1. The van der Waals surface area contributed by atoms with E-state index in [1.807, 2.05) is 5.32 Å². The topological polar surface area (TPSA) is 88.3 Å². The minimum atomic E-state index is -5.05. The van der Waals surface area contributed by atoms with Gasteiger partial charge in [0.25, 0.3) is 0 Å². The normalized spacial score (nSPS) is 19.4. The van der Waals surface area contributed by atoms with E-state index in [-0.39, 0.29) is 22.9 Å². The highest BCUT2D eigenvalue weighted by Crippen LogP contribution is 2.33. The van der Waals surface area contributed by atoms with Crippen molar-refractivity contribution in [3.63, 3.8) is 0 Å². The summed E-state index contributed by atoms with van der Waals surface area (Å²) in [5.41, 5.74) is 5.88. The molecule has 1 aliphatic rings. The number of hydrogen-bond donors (Lipinski definition) is 2. The molecule has 0 spiro atoms. The predicted molar refractivity (Wildman–Crippen MR) is 102 cm³/mol. The molecular formula is C19H17ClF4N4O2. The second-order valence-corrected chi connectivity index (χ2v) is 7.27. The first-order chi connectivity index (χ1) is 14.1. The van der Waals surface area contributed by atoms with Gasteiger partial charge in [0.15, 0.2) is 0 Å². The van der Waals surface area contributed by atoms with Gasteiger partial charge in [0, 0.05) is 25.2 Å². The number of nitrogens with zero attached hydrogens (tertiary/aromatic N) is 2. The Hall–Kier alpha value is -2.88. The van der Waals surface area contributed by atoms with Crippen LogP contribution in [-0.4, -0.2) is 42.1 Å². The lowest BCUT2D eigenvalue weighted by molar-refractivity contribution is -0.174. The fourth-order valence-electron chi connectivity index (χ4n) is 3.45. The molecule has 2 unspecified atom stereocenters. The molecule has 1 aromatic heterocycles. The van der Waals surface area contributed by atoms with Crippen molar-refractivity contribution in [2.24, 2.45) is 5.73 Å². The van der Waals surface area contributed by atoms with Crippen LogP contribution in [0.15, 0.2) is 36.5 Å². The molecule has 160 valence electrons. The number of benzene rings is 1. The quantitative estimate of drug-likeness (QED) is 0.710. The summed E-state index contributed by atoms with van der Waals surface area (Å²) in [6, 6.07) is 5.77. The number of halogens is 5. The summed E-state index contributed by atoms with van der Waals surface area (Å²) < 4.78 is 51.8. The average Bonchev–Trinajstić information content (AvgIpc) is 2.68. The summed E-state index contributed by atoms with van der Waals surface area (Å²) in [6.45, 7) is 0.343.